The first-order chi connectivity index (χ1) is 10.7. The number of carbonyl (C=O) groups excluding carboxylic acids is 3. The molecular weight excluding hydrogens is 294 g/mol. The molecule has 1 N–H and O–H groups in total. The molecule has 5 heteroatoms. The molecule has 1 aliphatic carbocycles. The molecule has 2 amide bonds. The van der Waals surface area contributed by atoms with Crippen LogP contribution in [0.2, 0.25) is 0 Å². The van der Waals surface area contributed by atoms with E-state index in [0.29, 0.717) is 11.5 Å². The summed E-state index contributed by atoms with van der Waals surface area (Å²) in [6, 6.07) is 7.10. The van der Waals surface area contributed by atoms with Gasteiger partial charge in [-0.15, -0.1) is 0 Å². The molecule has 0 spiro atoms. The zero-order valence-corrected chi connectivity index (χ0v) is 14.0. The quantitative estimate of drug-likeness (QED) is 0.866. The van der Waals surface area contributed by atoms with E-state index in [9.17, 15) is 14.4 Å². The second-order valence-electron chi connectivity index (χ2n) is 7.13. The zero-order valence-electron chi connectivity index (χ0n) is 14.0. The standard InChI is InChI=1S/C18H23NO4/c1-11-9-14(11)17(22)23-10-15(20)19-16(21)12-5-7-13(8-6-12)18(2,3)4/h5-8,11,14H,9-10H2,1-4H3,(H,19,20,21)/t11-,14+/m1/s1. The summed E-state index contributed by atoms with van der Waals surface area (Å²) in [6.07, 6.45) is 0.805. The summed E-state index contributed by atoms with van der Waals surface area (Å²) >= 11 is 0. The SMILES string of the molecule is C[C@@H]1C[C@@H]1C(=O)OCC(=O)NC(=O)c1ccc(C(C)(C)C)cc1. The number of amides is 2. The fourth-order valence-electron chi connectivity index (χ4n) is 2.25. The zero-order chi connectivity index (χ0) is 17.2. The third-order valence-electron chi connectivity index (χ3n) is 4.02. The van der Waals surface area contributed by atoms with Crippen LogP contribution in [0.3, 0.4) is 0 Å². The molecule has 0 heterocycles. The van der Waals surface area contributed by atoms with Crippen LogP contribution in [0.4, 0.5) is 0 Å². The fraction of sp³-hybridized carbons (Fsp3) is 0.500. The summed E-state index contributed by atoms with van der Waals surface area (Å²) in [5, 5.41) is 2.23. The number of esters is 1. The highest BCUT2D eigenvalue weighted by molar-refractivity contribution is 6.05. The molecule has 0 bridgehead atoms. The molecule has 0 unspecified atom stereocenters. The maximum absolute atomic E-state index is 12.0. The molecular formula is C18H23NO4. The van der Waals surface area contributed by atoms with Crippen molar-refractivity contribution in [2.24, 2.45) is 11.8 Å². The van der Waals surface area contributed by atoms with Gasteiger partial charge in [0.05, 0.1) is 5.92 Å². The number of hydrogen-bond acceptors (Lipinski definition) is 4. The summed E-state index contributed by atoms with van der Waals surface area (Å²) in [4.78, 5) is 35.2. The monoisotopic (exact) mass is 317 g/mol. The van der Waals surface area contributed by atoms with Gasteiger partial charge in [0.1, 0.15) is 0 Å². The van der Waals surface area contributed by atoms with Crippen LogP contribution in [0.15, 0.2) is 24.3 Å². The van der Waals surface area contributed by atoms with Crippen LogP contribution in [-0.4, -0.2) is 24.4 Å². The van der Waals surface area contributed by atoms with Crippen LogP contribution < -0.4 is 5.32 Å². The maximum Gasteiger partial charge on any atom is 0.309 e. The average molecular weight is 317 g/mol. The van der Waals surface area contributed by atoms with Crippen molar-refractivity contribution < 1.29 is 19.1 Å². The van der Waals surface area contributed by atoms with Crippen molar-refractivity contribution in [2.45, 2.75) is 39.5 Å². The van der Waals surface area contributed by atoms with E-state index in [0.717, 1.165) is 12.0 Å². The Bertz CT molecular complexity index is 613. The minimum atomic E-state index is -0.614. The van der Waals surface area contributed by atoms with Crippen molar-refractivity contribution in [3.05, 3.63) is 35.4 Å². The van der Waals surface area contributed by atoms with Gasteiger partial charge in [0.2, 0.25) is 0 Å². The second kappa shape index (κ2) is 6.52. The molecule has 23 heavy (non-hydrogen) atoms. The molecule has 5 nitrogen and oxygen atoms in total. The van der Waals surface area contributed by atoms with Gasteiger partial charge in [-0.3, -0.25) is 19.7 Å². The summed E-state index contributed by atoms with van der Waals surface area (Å²) < 4.78 is 4.90. The number of benzene rings is 1. The molecule has 2 rings (SSSR count). The fourth-order valence-corrected chi connectivity index (χ4v) is 2.25. The molecule has 2 atom stereocenters. The second-order valence-corrected chi connectivity index (χ2v) is 7.13. The Morgan fingerprint density at radius 3 is 2.22 bits per heavy atom. The van der Waals surface area contributed by atoms with Gasteiger partial charge in [-0.1, -0.05) is 39.8 Å². The van der Waals surface area contributed by atoms with Gasteiger partial charge >= 0.3 is 5.97 Å². The highest BCUT2D eigenvalue weighted by Gasteiger charge is 2.40. The smallest absolute Gasteiger partial charge is 0.309 e. The van der Waals surface area contributed by atoms with Crippen LogP contribution in [-0.2, 0) is 19.7 Å². The Labute approximate surface area is 136 Å². The molecule has 0 aromatic heterocycles. The van der Waals surface area contributed by atoms with Crippen LogP contribution >= 0.6 is 0 Å². The van der Waals surface area contributed by atoms with Gasteiger partial charge in [0.25, 0.3) is 11.8 Å². The minimum absolute atomic E-state index is 0.00102. The van der Waals surface area contributed by atoms with E-state index in [-0.39, 0.29) is 17.3 Å². The van der Waals surface area contributed by atoms with Gasteiger partial charge in [0, 0.05) is 5.56 Å². The first-order valence-electron chi connectivity index (χ1n) is 7.80. The summed E-state index contributed by atoms with van der Waals surface area (Å²) in [7, 11) is 0. The lowest BCUT2D eigenvalue weighted by Gasteiger charge is -2.18. The Balaban J connectivity index is 1.83. The molecule has 1 aromatic carbocycles. The predicted molar refractivity (Wildman–Crippen MR) is 85.8 cm³/mol. The van der Waals surface area contributed by atoms with Gasteiger partial charge in [-0.25, -0.2) is 0 Å². The molecule has 1 aliphatic rings. The highest BCUT2D eigenvalue weighted by atomic mass is 16.5. The van der Waals surface area contributed by atoms with Crippen molar-refractivity contribution in [1.82, 2.24) is 5.32 Å². The number of hydrogen-bond donors (Lipinski definition) is 1. The number of carbonyl (C=O) groups is 3. The minimum Gasteiger partial charge on any atom is -0.455 e. The van der Waals surface area contributed by atoms with Crippen molar-refractivity contribution in [3.8, 4) is 0 Å². The first-order valence-corrected chi connectivity index (χ1v) is 7.80. The molecule has 0 aliphatic heterocycles. The summed E-state index contributed by atoms with van der Waals surface area (Å²) in [5.74, 6) is -1.24. The van der Waals surface area contributed by atoms with E-state index in [2.05, 4.69) is 26.1 Å². The number of rotatable bonds is 4. The molecule has 0 saturated heterocycles. The van der Waals surface area contributed by atoms with E-state index in [1.807, 2.05) is 19.1 Å². The average Bonchev–Trinajstić information content (AvgIpc) is 3.21. The normalized spacial score (nSPS) is 19.8. The van der Waals surface area contributed by atoms with Gasteiger partial charge in [-0.2, -0.15) is 0 Å². The molecule has 0 radical (unpaired) electrons. The van der Waals surface area contributed by atoms with Crippen molar-refractivity contribution in [2.75, 3.05) is 6.61 Å². The van der Waals surface area contributed by atoms with E-state index in [1.165, 1.54) is 0 Å². The van der Waals surface area contributed by atoms with Crippen molar-refractivity contribution in [3.63, 3.8) is 0 Å². The Hall–Kier alpha value is -2.17. The Kier molecular flexibility index (Phi) is 4.88. The lowest BCUT2D eigenvalue weighted by Crippen LogP contribution is -2.34. The van der Waals surface area contributed by atoms with Gasteiger partial charge in [0.15, 0.2) is 6.61 Å². The Morgan fingerprint density at radius 1 is 1.17 bits per heavy atom. The van der Waals surface area contributed by atoms with E-state index >= 15 is 0 Å². The van der Waals surface area contributed by atoms with Crippen molar-refractivity contribution >= 4 is 17.8 Å². The van der Waals surface area contributed by atoms with Crippen LogP contribution in [0, 0.1) is 11.8 Å². The van der Waals surface area contributed by atoms with E-state index in [1.54, 1.807) is 12.1 Å². The maximum atomic E-state index is 12.0. The third kappa shape index (κ3) is 4.65. The lowest BCUT2D eigenvalue weighted by atomic mass is 9.87. The number of imide groups is 1. The number of nitrogens with one attached hydrogen (secondary N) is 1. The third-order valence-corrected chi connectivity index (χ3v) is 4.02. The van der Waals surface area contributed by atoms with Crippen LogP contribution in [0.5, 0.6) is 0 Å². The van der Waals surface area contributed by atoms with Crippen molar-refractivity contribution in [1.29, 1.82) is 0 Å². The molecule has 124 valence electrons. The van der Waals surface area contributed by atoms with E-state index in [4.69, 9.17) is 4.74 Å². The molecule has 1 aromatic rings. The molecule has 1 saturated carbocycles. The number of ether oxygens (including phenoxy) is 1. The lowest BCUT2D eigenvalue weighted by molar-refractivity contribution is -0.149. The van der Waals surface area contributed by atoms with Crippen LogP contribution in [0.1, 0.15) is 50.0 Å². The Morgan fingerprint density at radius 2 is 1.74 bits per heavy atom. The first kappa shape index (κ1) is 17.2. The van der Waals surface area contributed by atoms with Gasteiger partial charge in [-0.05, 0) is 35.4 Å². The topological polar surface area (TPSA) is 72.5 Å². The van der Waals surface area contributed by atoms with Gasteiger partial charge < -0.3 is 4.74 Å². The van der Waals surface area contributed by atoms with E-state index < -0.39 is 18.4 Å². The molecule has 1 fully saturated rings. The predicted octanol–water partition coefficient (Wildman–Crippen LogP) is 2.44. The summed E-state index contributed by atoms with van der Waals surface area (Å²) in [6.45, 7) is 7.78. The summed E-state index contributed by atoms with van der Waals surface area (Å²) in [5.41, 5.74) is 1.50. The largest absolute Gasteiger partial charge is 0.455 e. The van der Waals surface area contributed by atoms with Crippen LogP contribution in [0.25, 0.3) is 0 Å². The highest BCUT2D eigenvalue weighted by Crippen LogP contribution is 2.38.